The fourth-order valence-electron chi connectivity index (χ4n) is 2.13. The lowest BCUT2D eigenvalue weighted by molar-refractivity contribution is 0.0554. The van der Waals surface area contributed by atoms with Gasteiger partial charge in [-0.15, -0.1) is 0 Å². The Bertz CT molecular complexity index is 504. The lowest BCUT2D eigenvalue weighted by Crippen LogP contribution is -2.52. The standard InChI is InChI=1S/C13H17N3O3/c1-9-8-16(7-6-15(9)2)12(17)11-10(13(18)19)4-3-5-14-11/h3-5,9H,6-8H2,1-2H3,(H,18,19). The van der Waals surface area contributed by atoms with Gasteiger partial charge in [-0.2, -0.15) is 0 Å². The molecule has 1 saturated heterocycles. The summed E-state index contributed by atoms with van der Waals surface area (Å²) in [4.78, 5) is 31.2. The van der Waals surface area contributed by atoms with Gasteiger partial charge in [0.1, 0.15) is 5.69 Å². The fraction of sp³-hybridized carbons (Fsp3) is 0.462. The second-order valence-electron chi connectivity index (χ2n) is 4.79. The van der Waals surface area contributed by atoms with Crippen molar-refractivity contribution in [2.24, 2.45) is 0 Å². The monoisotopic (exact) mass is 263 g/mol. The Hall–Kier alpha value is -1.95. The third-order valence-corrected chi connectivity index (χ3v) is 3.49. The average Bonchev–Trinajstić information content (AvgIpc) is 2.41. The van der Waals surface area contributed by atoms with Gasteiger partial charge in [0.05, 0.1) is 5.56 Å². The third kappa shape index (κ3) is 2.73. The minimum Gasteiger partial charge on any atom is -0.478 e. The summed E-state index contributed by atoms with van der Waals surface area (Å²) in [5.41, 5.74) is -0.0224. The summed E-state index contributed by atoms with van der Waals surface area (Å²) >= 11 is 0. The fourth-order valence-corrected chi connectivity index (χ4v) is 2.13. The largest absolute Gasteiger partial charge is 0.478 e. The van der Waals surface area contributed by atoms with Crippen LogP contribution in [0, 0.1) is 0 Å². The van der Waals surface area contributed by atoms with E-state index >= 15 is 0 Å². The zero-order valence-electron chi connectivity index (χ0n) is 11.0. The molecule has 6 nitrogen and oxygen atoms in total. The maximum atomic E-state index is 12.4. The van der Waals surface area contributed by atoms with E-state index in [9.17, 15) is 9.59 Å². The van der Waals surface area contributed by atoms with E-state index in [1.54, 1.807) is 4.90 Å². The van der Waals surface area contributed by atoms with E-state index in [1.807, 2.05) is 14.0 Å². The highest BCUT2D eigenvalue weighted by Gasteiger charge is 2.28. The van der Waals surface area contributed by atoms with Crippen LogP contribution >= 0.6 is 0 Å². The number of carbonyl (C=O) groups excluding carboxylic acids is 1. The van der Waals surface area contributed by atoms with E-state index in [0.717, 1.165) is 6.54 Å². The molecule has 0 bridgehead atoms. The zero-order valence-corrected chi connectivity index (χ0v) is 11.0. The SMILES string of the molecule is CC1CN(C(=O)c2ncccc2C(=O)O)CCN1C. The Balaban J connectivity index is 2.23. The van der Waals surface area contributed by atoms with Crippen LogP contribution in [0.1, 0.15) is 27.8 Å². The first-order valence-electron chi connectivity index (χ1n) is 6.18. The highest BCUT2D eigenvalue weighted by molar-refractivity contribution is 6.03. The number of nitrogens with zero attached hydrogens (tertiary/aromatic N) is 3. The number of rotatable bonds is 2. The van der Waals surface area contributed by atoms with Gasteiger partial charge in [0.15, 0.2) is 0 Å². The lowest BCUT2D eigenvalue weighted by Gasteiger charge is -2.37. The molecule has 6 heteroatoms. The van der Waals surface area contributed by atoms with Crippen LogP contribution in [0.15, 0.2) is 18.3 Å². The smallest absolute Gasteiger partial charge is 0.338 e. The molecule has 0 aromatic carbocycles. The minimum atomic E-state index is -1.13. The van der Waals surface area contributed by atoms with E-state index in [0.29, 0.717) is 13.1 Å². The van der Waals surface area contributed by atoms with E-state index in [2.05, 4.69) is 9.88 Å². The average molecular weight is 263 g/mol. The topological polar surface area (TPSA) is 73.7 Å². The van der Waals surface area contributed by atoms with Crippen LogP contribution in [0.2, 0.25) is 0 Å². The maximum absolute atomic E-state index is 12.4. The number of amides is 1. The number of hydrogen-bond acceptors (Lipinski definition) is 4. The van der Waals surface area contributed by atoms with E-state index in [1.165, 1.54) is 18.3 Å². The van der Waals surface area contributed by atoms with Gasteiger partial charge in [0, 0.05) is 31.9 Å². The van der Waals surface area contributed by atoms with Crippen LogP contribution in [-0.4, -0.2) is 64.5 Å². The van der Waals surface area contributed by atoms with Crippen LogP contribution in [-0.2, 0) is 0 Å². The predicted octanol–water partition coefficient (Wildman–Crippen LogP) is 0.556. The second kappa shape index (κ2) is 5.36. The number of carbonyl (C=O) groups is 2. The summed E-state index contributed by atoms with van der Waals surface area (Å²) in [7, 11) is 2.01. The Labute approximate surface area is 111 Å². The number of likely N-dealkylation sites (N-methyl/N-ethyl adjacent to an activating group) is 1. The van der Waals surface area contributed by atoms with Crippen molar-refractivity contribution < 1.29 is 14.7 Å². The van der Waals surface area contributed by atoms with Crippen molar-refractivity contribution in [3.8, 4) is 0 Å². The molecule has 102 valence electrons. The molecule has 0 radical (unpaired) electrons. The summed E-state index contributed by atoms with van der Waals surface area (Å²) in [5, 5.41) is 9.09. The van der Waals surface area contributed by atoms with Crippen LogP contribution in [0.25, 0.3) is 0 Å². The molecule has 1 unspecified atom stereocenters. The molecule has 1 fully saturated rings. The Morgan fingerprint density at radius 3 is 2.79 bits per heavy atom. The van der Waals surface area contributed by atoms with Gasteiger partial charge in [-0.1, -0.05) is 0 Å². The second-order valence-corrected chi connectivity index (χ2v) is 4.79. The molecule has 19 heavy (non-hydrogen) atoms. The number of aromatic carboxylic acids is 1. The number of pyridine rings is 1. The van der Waals surface area contributed by atoms with Gasteiger partial charge in [-0.3, -0.25) is 9.78 Å². The summed E-state index contributed by atoms with van der Waals surface area (Å²) in [6.07, 6.45) is 1.44. The molecule has 0 spiro atoms. The van der Waals surface area contributed by atoms with Crippen molar-refractivity contribution in [2.75, 3.05) is 26.7 Å². The molecular weight excluding hydrogens is 246 g/mol. The molecule has 1 amide bonds. The van der Waals surface area contributed by atoms with Crippen LogP contribution in [0.3, 0.4) is 0 Å². The molecular formula is C13H17N3O3. The van der Waals surface area contributed by atoms with Crippen molar-refractivity contribution in [1.29, 1.82) is 0 Å². The molecule has 1 aromatic rings. The molecule has 1 aromatic heterocycles. The third-order valence-electron chi connectivity index (χ3n) is 3.49. The molecule has 1 aliphatic rings. The van der Waals surface area contributed by atoms with Gasteiger partial charge in [-0.25, -0.2) is 4.79 Å². The number of aromatic nitrogens is 1. The molecule has 1 atom stereocenters. The van der Waals surface area contributed by atoms with Crippen molar-refractivity contribution >= 4 is 11.9 Å². The highest BCUT2D eigenvalue weighted by Crippen LogP contribution is 2.13. The molecule has 1 N–H and O–H groups in total. The number of hydrogen-bond donors (Lipinski definition) is 1. The summed E-state index contributed by atoms with van der Waals surface area (Å²) < 4.78 is 0. The quantitative estimate of drug-likeness (QED) is 0.843. The normalized spacial score (nSPS) is 20.3. The maximum Gasteiger partial charge on any atom is 0.338 e. The number of carboxylic acid groups (broad SMARTS) is 1. The summed E-state index contributed by atoms with van der Waals surface area (Å²) in [6.45, 7) is 4.00. The van der Waals surface area contributed by atoms with Gasteiger partial charge >= 0.3 is 5.97 Å². The Kier molecular flexibility index (Phi) is 3.80. The molecule has 1 aliphatic heterocycles. The Morgan fingerprint density at radius 1 is 1.42 bits per heavy atom. The van der Waals surface area contributed by atoms with Crippen molar-refractivity contribution in [3.63, 3.8) is 0 Å². The van der Waals surface area contributed by atoms with Crippen LogP contribution in [0.4, 0.5) is 0 Å². The van der Waals surface area contributed by atoms with Gasteiger partial charge in [-0.05, 0) is 26.1 Å². The molecule has 2 rings (SSSR count). The van der Waals surface area contributed by atoms with Crippen LogP contribution < -0.4 is 0 Å². The summed E-state index contributed by atoms with van der Waals surface area (Å²) in [5.74, 6) is -1.43. The minimum absolute atomic E-state index is 0.0201. The molecule has 0 saturated carbocycles. The van der Waals surface area contributed by atoms with Gasteiger partial charge < -0.3 is 14.9 Å². The van der Waals surface area contributed by atoms with Crippen molar-refractivity contribution in [1.82, 2.24) is 14.8 Å². The van der Waals surface area contributed by atoms with Gasteiger partial charge in [0.2, 0.25) is 0 Å². The number of carboxylic acids is 1. The zero-order chi connectivity index (χ0) is 14.0. The van der Waals surface area contributed by atoms with Crippen molar-refractivity contribution in [2.45, 2.75) is 13.0 Å². The lowest BCUT2D eigenvalue weighted by atomic mass is 10.1. The first kappa shape index (κ1) is 13.5. The predicted molar refractivity (Wildman–Crippen MR) is 69.2 cm³/mol. The van der Waals surface area contributed by atoms with Gasteiger partial charge in [0.25, 0.3) is 5.91 Å². The van der Waals surface area contributed by atoms with E-state index < -0.39 is 5.97 Å². The van der Waals surface area contributed by atoms with Crippen molar-refractivity contribution in [3.05, 3.63) is 29.6 Å². The first-order valence-corrected chi connectivity index (χ1v) is 6.18. The number of piperazine rings is 1. The molecule has 0 aliphatic carbocycles. The molecule has 2 heterocycles. The Morgan fingerprint density at radius 2 is 2.16 bits per heavy atom. The van der Waals surface area contributed by atoms with E-state index in [-0.39, 0.29) is 23.2 Å². The van der Waals surface area contributed by atoms with Crippen LogP contribution in [0.5, 0.6) is 0 Å². The highest BCUT2D eigenvalue weighted by atomic mass is 16.4. The summed E-state index contributed by atoms with van der Waals surface area (Å²) in [6, 6.07) is 3.18. The first-order chi connectivity index (χ1) is 9.00. The van der Waals surface area contributed by atoms with E-state index in [4.69, 9.17) is 5.11 Å².